The highest BCUT2D eigenvalue weighted by Gasteiger charge is 2.23. The number of ether oxygens (including phenoxy) is 3. The fourth-order valence-electron chi connectivity index (χ4n) is 2.76. The first-order valence-corrected chi connectivity index (χ1v) is 8.33. The van der Waals surface area contributed by atoms with E-state index in [0.29, 0.717) is 19.6 Å². The van der Waals surface area contributed by atoms with Gasteiger partial charge in [0.15, 0.2) is 0 Å². The number of hydrogen-bond donors (Lipinski definition) is 0. The van der Waals surface area contributed by atoms with Crippen LogP contribution in [0.15, 0.2) is 24.3 Å². The van der Waals surface area contributed by atoms with Crippen LogP contribution in [0.2, 0.25) is 0 Å². The second-order valence-electron chi connectivity index (χ2n) is 5.68. The molecular formula is C18H27NO4. The molecule has 0 bridgehead atoms. The Hall–Kier alpha value is -1.59. The largest absolute Gasteiger partial charge is 0.497 e. The van der Waals surface area contributed by atoms with E-state index in [2.05, 4.69) is 0 Å². The summed E-state index contributed by atoms with van der Waals surface area (Å²) in [4.78, 5) is 14.3. The number of hydrogen-bond acceptors (Lipinski definition) is 4. The van der Waals surface area contributed by atoms with Crippen LogP contribution in [0, 0.1) is 0 Å². The van der Waals surface area contributed by atoms with E-state index in [1.807, 2.05) is 36.1 Å². The normalized spacial score (nSPS) is 15.7. The summed E-state index contributed by atoms with van der Waals surface area (Å²) in [5, 5.41) is 0. The lowest BCUT2D eigenvalue weighted by Crippen LogP contribution is -2.41. The lowest BCUT2D eigenvalue weighted by Gasteiger charge is -2.32. The zero-order valence-electron chi connectivity index (χ0n) is 14.1. The van der Waals surface area contributed by atoms with E-state index in [1.165, 1.54) is 0 Å². The van der Waals surface area contributed by atoms with Gasteiger partial charge in [-0.2, -0.15) is 0 Å². The van der Waals surface area contributed by atoms with Gasteiger partial charge in [-0.1, -0.05) is 12.1 Å². The van der Waals surface area contributed by atoms with Crippen molar-refractivity contribution in [1.82, 2.24) is 4.90 Å². The standard InChI is InChI=1S/C18H27NO4/c1-3-22-11-12-23-16-7-9-19(10-8-16)18(20)14-15-5-4-6-17(13-15)21-2/h4-6,13,16H,3,7-12,14H2,1-2H3. The molecule has 0 atom stereocenters. The summed E-state index contributed by atoms with van der Waals surface area (Å²) in [7, 11) is 1.64. The van der Waals surface area contributed by atoms with Gasteiger partial charge in [-0.25, -0.2) is 0 Å². The van der Waals surface area contributed by atoms with E-state index in [4.69, 9.17) is 14.2 Å². The molecule has 0 unspecified atom stereocenters. The van der Waals surface area contributed by atoms with Gasteiger partial charge in [-0.05, 0) is 37.5 Å². The maximum atomic E-state index is 12.4. The molecule has 1 aliphatic heterocycles. The van der Waals surface area contributed by atoms with Crippen molar-refractivity contribution in [1.29, 1.82) is 0 Å². The van der Waals surface area contributed by atoms with Crippen molar-refractivity contribution in [3.8, 4) is 5.75 Å². The average molecular weight is 321 g/mol. The van der Waals surface area contributed by atoms with Gasteiger partial charge in [0.2, 0.25) is 5.91 Å². The zero-order valence-corrected chi connectivity index (χ0v) is 14.1. The predicted octanol–water partition coefficient (Wildman–Crippen LogP) is 2.28. The molecule has 0 N–H and O–H groups in total. The minimum Gasteiger partial charge on any atom is -0.497 e. The van der Waals surface area contributed by atoms with Crippen molar-refractivity contribution < 1.29 is 19.0 Å². The molecule has 1 aliphatic rings. The number of piperidine rings is 1. The molecule has 5 heteroatoms. The van der Waals surface area contributed by atoms with Crippen molar-refractivity contribution in [2.75, 3.05) is 40.0 Å². The fourth-order valence-corrected chi connectivity index (χ4v) is 2.76. The number of nitrogens with zero attached hydrogens (tertiary/aromatic N) is 1. The Morgan fingerprint density at radius 2 is 2.04 bits per heavy atom. The van der Waals surface area contributed by atoms with Crippen molar-refractivity contribution in [3.63, 3.8) is 0 Å². The summed E-state index contributed by atoms with van der Waals surface area (Å²) in [5.74, 6) is 0.961. The van der Waals surface area contributed by atoms with Crippen LogP contribution in [0.1, 0.15) is 25.3 Å². The summed E-state index contributed by atoms with van der Waals surface area (Å²) in [5.41, 5.74) is 0.990. The van der Waals surface area contributed by atoms with Crippen LogP contribution in [0.5, 0.6) is 5.75 Å². The van der Waals surface area contributed by atoms with Crippen LogP contribution >= 0.6 is 0 Å². The Labute approximate surface area is 138 Å². The van der Waals surface area contributed by atoms with E-state index in [9.17, 15) is 4.79 Å². The number of likely N-dealkylation sites (tertiary alicyclic amines) is 1. The predicted molar refractivity (Wildman–Crippen MR) is 88.7 cm³/mol. The van der Waals surface area contributed by atoms with Crippen molar-refractivity contribution >= 4 is 5.91 Å². The lowest BCUT2D eigenvalue weighted by molar-refractivity contribution is -0.133. The molecule has 2 rings (SSSR count). The number of carbonyl (C=O) groups excluding carboxylic acids is 1. The van der Waals surface area contributed by atoms with Crippen molar-refractivity contribution in [2.45, 2.75) is 32.3 Å². The Balaban J connectivity index is 1.72. The molecule has 1 heterocycles. The second-order valence-corrected chi connectivity index (χ2v) is 5.68. The average Bonchev–Trinajstić information content (AvgIpc) is 2.59. The molecule has 0 spiro atoms. The Morgan fingerprint density at radius 1 is 1.26 bits per heavy atom. The van der Waals surface area contributed by atoms with Crippen molar-refractivity contribution in [2.24, 2.45) is 0 Å². The van der Waals surface area contributed by atoms with E-state index in [-0.39, 0.29) is 12.0 Å². The van der Waals surface area contributed by atoms with E-state index in [1.54, 1.807) is 7.11 Å². The van der Waals surface area contributed by atoms with E-state index in [0.717, 1.165) is 43.9 Å². The molecule has 1 aromatic carbocycles. The monoisotopic (exact) mass is 321 g/mol. The van der Waals surface area contributed by atoms with Gasteiger partial charge in [0.25, 0.3) is 0 Å². The summed E-state index contributed by atoms with van der Waals surface area (Å²) in [6.45, 7) is 5.51. The van der Waals surface area contributed by atoms with Gasteiger partial charge in [0, 0.05) is 19.7 Å². The van der Waals surface area contributed by atoms with Gasteiger partial charge in [0.1, 0.15) is 5.75 Å². The van der Waals surface area contributed by atoms with Gasteiger partial charge in [-0.15, -0.1) is 0 Å². The molecule has 0 saturated carbocycles. The number of rotatable bonds is 8. The van der Waals surface area contributed by atoms with Crippen LogP contribution in [-0.2, 0) is 20.7 Å². The molecule has 128 valence electrons. The maximum absolute atomic E-state index is 12.4. The Bertz CT molecular complexity index is 484. The quantitative estimate of drug-likeness (QED) is 0.689. The molecule has 1 amide bonds. The third-order valence-electron chi connectivity index (χ3n) is 4.07. The SMILES string of the molecule is CCOCCOC1CCN(C(=O)Cc2cccc(OC)c2)CC1. The first kappa shape index (κ1) is 17.8. The molecular weight excluding hydrogens is 294 g/mol. The molecule has 5 nitrogen and oxygen atoms in total. The molecule has 0 aliphatic carbocycles. The lowest BCUT2D eigenvalue weighted by atomic mass is 10.1. The molecule has 1 saturated heterocycles. The maximum Gasteiger partial charge on any atom is 0.226 e. The van der Waals surface area contributed by atoms with Crippen LogP contribution < -0.4 is 4.74 Å². The smallest absolute Gasteiger partial charge is 0.226 e. The summed E-state index contributed by atoms with van der Waals surface area (Å²) < 4.78 is 16.3. The minimum absolute atomic E-state index is 0.172. The number of benzene rings is 1. The summed E-state index contributed by atoms with van der Waals surface area (Å²) in [6.07, 6.45) is 2.47. The summed E-state index contributed by atoms with van der Waals surface area (Å²) >= 11 is 0. The topological polar surface area (TPSA) is 48.0 Å². The number of amides is 1. The third-order valence-corrected chi connectivity index (χ3v) is 4.07. The number of methoxy groups -OCH3 is 1. The fraction of sp³-hybridized carbons (Fsp3) is 0.611. The van der Waals surface area contributed by atoms with E-state index < -0.39 is 0 Å². The highest BCUT2D eigenvalue weighted by atomic mass is 16.5. The van der Waals surface area contributed by atoms with Gasteiger partial charge >= 0.3 is 0 Å². The van der Waals surface area contributed by atoms with E-state index >= 15 is 0 Å². The summed E-state index contributed by atoms with van der Waals surface area (Å²) in [6, 6.07) is 7.68. The molecule has 0 aromatic heterocycles. The van der Waals surface area contributed by atoms with Gasteiger partial charge in [-0.3, -0.25) is 4.79 Å². The van der Waals surface area contributed by atoms with Gasteiger partial charge < -0.3 is 19.1 Å². The van der Waals surface area contributed by atoms with Crippen LogP contribution in [0.25, 0.3) is 0 Å². The van der Waals surface area contributed by atoms with Crippen LogP contribution in [0.3, 0.4) is 0 Å². The first-order valence-electron chi connectivity index (χ1n) is 8.33. The van der Waals surface area contributed by atoms with Crippen LogP contribution in [-0.4, -0.2) is 56.9 Å². The molecule has 1 aromatic rings. The Morgan fingerprint density at radius 3 is 2.74 bits per heavy atom. The van der Waals surface area contributed by atoms with Gasteiger partial charge in [0.05, 0.1) is 32.8 Å². The second kappa shape index (κ2) is 9.53. The first-order chi connectivity index (χ1) is 11.2. The molecule has 1 fully saturated rings. The van der Waals surface area contributed by atoms with Crippen molar-refractivity contribution in [3.05, 3.63) is 29.8 Å². The third kappa shape index (κ3) is 5.84. The minimum atomic E-state index is 0.172. The zero-order chi connectivity index (χ0) is 16.5. The highest BCUT2D eigenvalue weighted by Crippen LogP contribution is 2.17. The highest BCUT2D eigenvalue weighted by molar-refractivity contribution is 5.79. The molecule has 23 heavy (non-hydrogen) atoms. The van der Waals surface area contributed by atoms with Crippen LogP contribution in [0.4, 0.5) is 0 Å². The Kier molecular flexibility index (Phi) is 7.36. The molecule has 0 radical (unpaired) electrons. The number of carbonyl (C=O) groups is 1.